The number of rotatable bonds is 3. The topological polar surface area (TPSA) is 37.3 Å². The third kappa shape index (κ3) is 2.51. The minimum Gasteiger partial charge on any atom is -0.481 e. The molecular formula is C14H10ClFO2. The van der Waals surface area contributed by atoms with E-state index in [1.165, 1.54) is 12.1 Å². The van der Waals surface area contributed by atoms with Crippen LogP contribution in [-0.4, -0.2) is 11.1 Å². The Hall–Kier alpha value is -1.87. The Bertz CT molecular complexity index is 582. The standard InChI is InChI=1S/C14H10ClFO2/c15-14-10(8-12(17)18)6-7-11(16)13(14)9-4-2-1-3-5-9/h1-7H,8H2,(H,17,18). The van der Waals surface area contributed by atoms with Crippen LogP contribution in [0.25, 0.3) is 11.1 Å². The third-order valence-corrected chi connectivity index (χ3v) is 3.01. The van der Waals surface area contributed by atoms with Crippen LogP contribution in [0.2, 0.25) is 5.02 Å². The first-order valence-electron chi connectivity index (χ1n) is 5.33. The van der Waals surface area contributed by atoms with Gasteiger partial charge in [0.05, 0.1) is 11.4 Å². The normalized spacial score (nSPS) is 10.3. The highest BCUT2D eigenvalue weighted by atomic mass is 35.5. The van der Waals surface area contributed by atoms with Crippen molar-refractivity contribution >= 4 is 17.6 Å². The van der Waals surface area contributed by atoms with E-state index in [2.05, 4.69) is 0 Å². The fraction of sp³-hybridized carbons (Fsp3) is 0.0714. The zero-order chi connectivity index (χ0) is 13.1. The van der Waals surface area contributed by atoms with Crippen molar-refractivity contribution in [2.75, 3.05) is 0 Å². The molecule has 0 heterocycles. The van der Waals surface area contributed by atoms with Crippen LogP contribution in [-0.2, 0) is 11.2 Å². The molecule has 0 unspecified atom stereocenters. The SMILES string of the molecule is O=C(O)Cc1ccc(F)c(-c2ccccc2)c1Cl. The summed E-state index contributed by atoms with van der Waals surface area (Å²) in [6.45, 7) is 0. The van der Waals surface area contributed by atoms with Crippen LogP contribution in [0, 0.1) is 5.82 Å². The number of benzene rings is 2. The average Bonchev–Trinajstić information content (AvgIpc) is 2.34. The van der Waals surface area contributed by atoms with Gasteiger partial charge >= 0.3 is 5.97 Å². The molecule has 2 aromatic carbocycles. The maximum Gasteiger partial charge on any atom is 0.307 e. The molecule has 2 nitrogen and oxygen atoms in total. The summed E-state index contributed by atoms with van der Waals surface area (Å²) < 4.78 is 13.8. The zero-order valence-corrected chi connectivity index (χ0v) is 10.1. The summed E-state index contributed by atoms with van der Waals surface area (Å²) in [5.74, 6) is -1.46. The Morgan fingerprint density at radius 3 is 2.44 bits per heavy atom. The van der Waals surface area contributed by atoms with Crippen molar-refractivity contribution in [2.45, 2.75) is 6.42 Å². The number of carbonyl (C=O) groups is 1. The van der Waals surface area contributed by atoms with Gasteiger partial charge in [-0.1, -0.05) is 48.0 Å². The summed E-state index contributed by atoms with van der Waals surface area (Å²) in [6, 6.07) is 11.5. The van der Waals surface area contributed by atoms with Crippen LogP contribution in [0.4, 0.5) is 4.39 Å². The van der Waals surface area contributed by atoms with E-state index in [9.17, 15) is 9.18 Å². The molecule has 0 saturated heterocycles. The van der Waals surface area contributed by atoms with E-state index in [1.807, 2.05) is 6.07 Å². The Morgan fingerprint density at radius 1 is 1.17 bits per heavy atom. The van der Waals surface area contributed by atoms with Crippen molar-refractivity contribution in [3.63, 3.8) is 0 Å². The lowest BCUT2D eigenvalue weighted by molar-refractivity contribution is -0.136. The molecule has 2 aromatic rings. The molecule has 0 saturated carbocycles. The second-order valence-corrected chi connectivity index (χ2v) is 4.21. The van der Waals surface area contributed by atoms with Crippen molar-refractivity contribution in [1.29, 1.82) is 0 Å². The van der Waals surface area contributed by atoms with E-state index < -0.39 is 11.8 Å². The Kier molecular flexibility index (Phi) is 3.63. The van der Waals surface area contributed by atoms with Crippen LogP contribution in [0.3, 0.4) is 0 Å². The van der Waals surface area contributed by atoms with E-state index in [0.29, 0.717) is 11.1 Å². The lowest BCUT2D eigenvalue weighted by atomic mass is 10.0. The van der Waals surface area contributed by atoms with Crippen molar-refractivity contribution < 1.29 is 14.3 Å². The van der Waals surface area contributed by atoms with E-state index in [4.69, 9.17) is 16.7 Å². The molecule has 18 heavy (non-hydrogen) atoms. The predicted molar refractivity (Wildman–Crippen MR) is 68.2 cm³/mol. The van der Waals surface area contributed by atoms with Crippen molar-refractivity contribution in [3.05, 3.63) is 58.9 Å². The first-order chi connectivity index (χ1) is 8.59. The number of aliphatic carboxylic acids is 1. The summed E-state index contributed by atoms with van der Waals surface area (Å²) in [7, 11) is 0. The molecule has 1 N–H and O–H groups in total. The second-order valence-electron chi connectivity index (χ2n) is 3.83. The minimum atomic E-state index is -0.998. The number of halogens is 2. The maximum atomic E-state index is 13.8. The Labute approximate surface area is 109 Å². The van der Waals surface area contributed by atoms with Gasteiger partial charge in [-0.15, -0.1) is 0 Å². The molecule has 0 amide bonds. The molecular weight excluding hydrogens is 255 g/mol. The molecule has 0 aliphatic heterocycles. The zero-order valence-electron chi connectivity index (χ0n) is 9.36. The van der Waals surface area contributed by atoms with Crippen LogP contribution >= 0.6 is 11.6 Å². The van der Waals surface area contributed by atoms with Gasteiger partial charge in [-0.3, -0.25) is 4.79 Å². The smallest absolute Gasteiger partial charge is 0.307 e. The molecule has 0 atom stereocenters. The molecule has 0 fully saturated rings. The van der Waals surface area contributed by atoms with E-state index in [-0.39, 0.29) is 17.0 Å². The number of hydrogen-bond donors (Lipinski definition) is 1. The van der Waals surface area contributed by atoms with E-state index >= 15 is 0 Å². The number of carboxylic acid groups (broad SMARTS) is 1. The molecule has 0 radical (unpaired) electrons. The number of carboxylic acids is 1. The van der Waals surface area contributed by atoms with Gasteiger partial charge in [0.25, 0.3) is 0 Å². The largest absolute Gasteiger partial charge is 0.481 e. The first kappa shape index (κ1) is 12.6. The molecule has 92 valence electrons. The van der Waals surface area contributed by atoms with E-state index in [1.54, 1.807) is 24.3 Å². The van der Waals surface area contributed by atoms with Gasteiger partial charge in [0.2, 0.25) is 0 Å². The minimum absolute atomic E-state index is 0.156. The van der Waals surface area contributed by atoms with Crippen molar-refractivity contribution in [2.24, 2.45) is 0 Å². The average molecular weight is 265 g/mol. The summed E-state index contributed by atoms with van der Waals surface area (Å²) in [5, 5.41) is 8.93. The van der Waals surface area contributed by atoms with E-state index in [0.717, 1.165) is 0 Å². The van der Waals surface area contributed by atoms with Gasteiger partial charge < -0.3 is 5.11 Å². The molecule has 2 rings (SSSR count). The lowest BCUT2D eigenvalue weighted by Crippen LogP contribution is -2.02. The summed E-state index contributed by atoms with van der Waals surface area (Å²) in [5.41, 5.74) is 1.28. The number of hydrogen-bond acceptors (Lipinski definition) is 1. The van der Waals surface area contributed by atoms with Gasteiger partial charge in [0.15, 0.2) is 0 Å². The molecule has 0 spiro atoms. The molecule has 0 aliphatic rings. The van der Waals surface area contributed by atoms with Crippen LogP contribution in [0.5, 0.6) is 0 Å². The monoisotopic (exact) mass is 264 g/mol. The Balaban J connectivity index is 2.56. The summed E-state index contributed by atoms with van der Waals surface area (Å²) in [6.07, 6.45) is -0.223. The highest BCUT2D eigenvalue weighted by molar-refractivity contribution is 6.34. The molecule has 0 bridgehead atoms. The van der Waals surface area contributed by atoms with Crippen molar-refractivity contribution in [3.8, 4) is 11.1 Å². The molecule has 4 heteroatoms. The summed E-state index contributed by atoms with van der Waals surface area (Å²) in [4.78, 5) is 10.7. The van der Waals surface area contributed by atoms with Gasteiger partial charge in [0, 0.05) is 5.56 Å². The van der Waals surface area contributed by atoms with Crippen LogP contribution in [0.1, 0.15) is 5.56 Å². The maximum absolute atomic E-state index is 13.8. The Morgan fingerprint density at radius 2 is 1.83 bits per heavy atom. The van der Waals surface area contributed by atoms with Gasteiger partial charge in [-0.05, 0) is 17.2 Å². The van der Waals surface area contributed by atoms with Gasteiger partial charge in [-0.2, -0.15) is 0 Å². The fourth-order valence-corrected chi connectivity index (χ4v) is 2.09. The summed E-state index contributed by atoms with van der Waals surface area (Å²) >= 11 is 6.09. The van der Waals surface area contributed by atoms with Gasteiger partial charge in [-0.25, -0.2) is 4.39 Å². The van der Waals surface area contributed by atoms with Crippen LogP contribution < -0.4 is 0 Å². The lowest BCUT2D eigenvalue weighted by Gasteiger charge is -2.09. The molecule has 0 aliphatic carbocycles. The first-order valence-corrected chi connectivity index (χ1v) is 5.71. The fourth-order valence-electron chi connectivity index (χ4n) is 1.76. The predicted octanol–water partition coefficient (Wildman–Crippen LogP) is 3.77. The highest BCUT2D eigenvalue weighted by Crippen LogP contribution is 2.33. The second kappa shape index (κ2) is 5.19. The van der Waals surface area contributed by atoms with Crippen LogP contribution in [0.15, 0.2) is 42.5 Å². The van der Waals surface area contributed by atoms with Gasteiger partial charge in [0.1, 0.15) is 5.82 Å². The quantitative estimate of drug-likeness (QED) is 0.916. The molecule has 0 aromatic heterocycles. The van der Waals surface area contributed by atoms with Crippen molar-refractivity contribution in [1.82, 2.24) is 0 Å². The highest BCUT2D eigenvalue weighted by Gasteiger charge is 2.15. The third-order valence-electron chi connectivity index (χ3n) is 2.58.